The van der Waals surface area contributed by atoms with Crippen LogP contribution >= 0.6 is 11.6 Å². The minimum absolute atomic E-state index is 0.0942. The molecule has 6 nitrogen and oxygen atoms in total. The molecule has 24 heavy (non-hydrogen) atoms. The van der Waals surface area contributed by atoms with Crippen molar-refractivity contribution < 1.29 is 19.1 Å². The van der Waals surface area contributed by atoms with Crippen LogP contribution in [0.1, 0.15) is 27.2 Å². The first-order chi connectivity index (χ1) is 11.2. The van der Waals surface area contributed by atoms with E-state index in [-0.39, 0.29) is 29.2 Å². The Bertz CT molecular complexity index is 655. The van der Waals surface area contributed by atoms with Gasteiger partial charge in [-0.05, 0) is 27.2 Å². The highest BCUT2D eigenvalue weighted by Gasteiger charge is 2.48. The molecule has 2 unspecified atom stereocenters. The topological polar surface area (TPSA) is 76.7 Å². The van der Waals surface area contributed by atoms with Crippen LogP contribution in [0.2, 0.25) is 5.02 Å². The summed E-state index contributed by atoms with van der Waals surface area (Å²) in [7, 11) is 2.98. The highest BCUT2D eigenvalue weighted by atomic mass is 35.5. The number of methoxy groups -OCH3 is 2. The molecule has 2 rings (SSSR count). The molecule has 1 aromatic carbocycles. The molecule has 2 N–H and O–H groups in total. The summed E-state index contributed by atoms with van der Waals surface area (Å²) in [5.74, 6) is -0.0609. The lowest BCUT2D eigenvalue weighted by Crippen LogP contribution is -2.42. The molecule has 1 saturated carbocycles. The van der Waals surface area contributed by atoms with Crippen molar-refractivity contribution in [1.82, 2.24) is 5.32 Å². The Morgan fingerprint density at radius 1 is 1.08 bits per heavy atom. The predicted molar refractivity (Wildman–Crippen MR) is 92.7 cm³/mol. The van der Waals surface area contributed by atoms with Crippen LogP contribution in [0.4, 0.5) is 5.69 Å². The Hall–Kier alpha value is -1.95. The van der Waals surface area contributed by atoms with E-state index in [4.69, 9.17) is 21.1 Å². The SMILES string of the molecule is COc1cc(NC(=O)C2CC2C(=O)NC(C)(C)C)c(OC)cc1Cl. The third kappa shape index (κ3) is 4.32. The van der Waals surface area contributed by atoms with Crippen LogP contribution in [0.3, 0.4) is 0 Å². The van der Waals surface area contributed by atoms with Gasteiger partial charge in [-0.2, -0.15) is 0 Å². The fourth-order valence-corrected chi connectivity index (χ4v) is 2.65. The lowest BCUT2D eigenvalue weighted by atomic mass is 10.1. The molecule has 132 valence electrons. The zero-order valence-electron chi connectivity index (χ0n) is 14.5. The van der Waals surface area contributed by atoms with Crippen LogP contribution in [-0.4, -0.2) is 31.6 Å². The Balaban J connectivity index is 2.05. The lowest BCUT2D eigenvalue weighted by molar-refractivity contribution is -0.126. The molecule has 1 aliphatic carbocycles. The Morgan fingerprint density at radius 2 is 1.67 bits per heavy atom. The highest BCUT2D eigenvalue weighted by Crippen LogP contribution is 2.41. The van der Waals surface area contributed by atoms with Gasteiger partial charge in [0.05, 0.1) is 36.8 Å². The third-order valence-electron chi connectivity index (χ3n) is 3.69. The number of hydrogen-bond donors (Lipinski definition) is 2. The van der Waals surface area contributed by atoms with Gasteiger partial charge in [0.1, 0.15) is 11.5 Å². The fraction of sp³-hybridized carbons (Fsp3) is 0.529. The van der Waals surface area contributed by atoms with Gasteiger partial charge in [-0.1, -0.05) is 11.6 Å². The first-order valence-corrected chi connectivity index (χ1v) is 8.08. The van der Waals surface area contributed by atoms with Crippen molar-refractivity contribution in [2.24, 2.45) is 11.8 Å². The van der Waals surface area contributed by atoms with Gasteiger partial charge in [0.15, 0.2) is 0 Å². The first kappa shape index (κ1) is 18.4. The normalized spacial score (nSPS) is 19.4. The molecule has 7 heteroatoms. The monoisotopic (exact) mass is 354 g/mol. The van der Waals surface area contributed by atoms with E-state index in [1.165, 1.54) is 14.2 Å². The van der Waals surface area contributed by atoms with Gasteiger partial charge in [0, 0.05) is 17.7 Å². The van der Waals surface area contributed by atoms with E-state index >= 15 is 0 Å². The van der Waals surface area contributed by atoms with Crippen molar-refractivity contribution in [1.29, 1.82) is 0 Å². The van der Waals surface area contributed by atoms with Gasteiger partial charge in [0.2, 0.25) is 11.8 Å². The Kier molecular flexibility index (Phi) is 5.28. The van der Waals surface area contributed by atoms with E-state index in [9.17, 15) is 9.59 Å². The van der Waals surface area contributed by atoms with Crippen molar-refractivity contribution in [3.8, 4) is 11.5 Å². The van der Waals surface area contributed by atoms with Gasteiger partial charge in [-0.15, -0.1) is 0 Å². The summed E-state index contributed by atoms with van der Waals surface area (Å²) in [5, 5.41) is 6.08. The Labute approximate surface area is 146 Å². The number of hydrogen-bond acceptors (Lipinski definition) is 4. The van der Waals surface area contributed by atoms with Gasteiger partial charge in [-0.25, -0.2) is 0 Å². The summed E-state index contributed by atoms with van der Waals surface area (Å²) in [4.78, 5) is 24.5. The number of carbonyl (C=O) groups excluding carboxylic acids is 2. The lowest BCUT2D eigenvalue weighted by Gasteiger charge is -2.20. The smallest absolute Gasteiger partial charge is 0.228 e. The van der Waals surface area contributed by atoms with Crippen LogP contribution in [0.15, 0.2) is 12.1 Å². The molecule has 0 radical (unpaired) electrons. The minimum atomic E-state index is -0.335. The zero-order chi connectivity index (χ0) is 18.1. The molecule has 1 aromatic rings. The average molecular weight is 355 g/mol. The first-order valence-electron chi connectivity index (χ1n) is 7.70. The molecular weight excluding hydrogens is 332 g/mol. The molecule has 0 heterocycles. The van der Waals surface area contributed by atoms with Crippen LogP contribution in [0.25, 0.3) is 0 Å². The number of amides is 2. The van der Waals surface area contributed by atoms with Crippen molar-refractivity contribution in [3.63, 3.8) is 0 Å². The summed E-state index contributed by atoms with van der Waals surface area (Å²) < 4.78 is 10.4. The summed E-state index contributed by atoms with van der Waals surface area (Å²) in [5.41, 5.74) is 0.152. The predicted octanol–water partition coefficient (Wildman–Crippen LogP) is 2.85. The van der Waals surface area contributed by atoms with Crippen LogP contribution in [-0.2, 0) is 9.59 Å². The van der Waals surface area contributed by atoms with Crippen molar-refractivity contribution >= 4 is 29.1 Å². The number of rotatable bonds is 5. The van der Waals surface area contributed by atoms with Crippen LogP contribution in [0, 0.1) is 11.8 Å². The number of benzene rings is 1. The maximum atomic E-state index is 12.4. The number of ether oxygens (including phenoxy) is 2. The molecule has 2 amide bonds. The second-order valence-corrected chi connectivity index (χ2v) is 7.27. The van der Waals surface area contributed by atoms with E-state index < -0.39 is 0 Å². The maximum Gasteiger partial charge on any atom is 0.228 e. The molecule has 0 aliphatic heterocycles. The van der Waals surface area contributed by atoms with Crippen LogP contribution in [0.5, 0.6) is 11.5 Å². The van der Waals surface area contributed by atoms with Crippen molar-refractivity contribution in [2.45, 2.75) is 32.7 Å². The van der Waals surface area contributed by atoms with E-state index in [1.807, 2.05) is 20.8 Å². The second kappa shape index (κ2) is 6.89. The summed E-state index contributed by atoms with van der Waals surface area (Å²) in [6.45, 7) is 5.73. The quantitative estimate of drug-likeness (QED) is 0.852. The van der Waals surface area contributed by atoms with Gasteiger partial charge >= 0.3 is 0 Å². The maximum absolute atomic E-state index is 12.4. The zero-order valence-corrected chi connectivity index (χ0v) is 15.3. The molecule has 0 spiro atoms. The van der Waals surface area contributed by atoms with E-state index in [0.717, 1.165) is 0 Å². The molecule has 0 aromatic heterocycles. The second-order valence-electron chi connectivity index (χ2n) is 6.86. The Morgan fingerprint density at radius 3 is 2.21 bits per heavy atom. The third-order valence-corrected chi connectivity index (χ3v) is 3.99. The van der Waals surface area contributed by atoms with Crippen molar-refractivity contribution in [2.75, 3.05) is 19.5 Å². The van der Waals surface area contributed by atoms with Gasteiger partial charge < -0.3 is 20.1 Å². The van der Waals surface area contributed by atoms with Crippen LogP contribution < -0.4 is 20.1 Å². The molecule has 1 aliphatic rings. The molecule has 2 atom stereocenters. The number of carbonyl (C=O) groups is 2. The number of halogens is 1. The van der Waals surface area contributed by atoms with Gasteiger partial charge in [-0.3, -0.25) is 9.59 Å². The highest BCUT2D eigenvalue weighted by molar-refractivity contribution is 6.32. The fourth-order valence-electron chi connectivity index (χ4n) is 2.42. The van der Waals surface area contributed by atoms with Crippen molar-refractivity contribution in [3.05, 3.63) is 17.2 Å². The number of anilines is 1. The van der Waals surface area contributed by atoms with E-state index in [2.05, 4.69) is 10.6 Å². The van der Waals surface area contributed by atoms with E-state index in [1.54, 1.807) is 12.1 Å². The average Bonchev–Trinajstić information content (AvgIpc) is 3.27. The number of nitrogens with one attached hydrogen (secondary N) is 2. The largest absolute Gasteiger partial charge is 0.495 e. The summed E-state index contributed by atoms with van der Waals surface area (Å²) in [6, 6.07) is 3.18. The minimum Gasteiger partial charge on any atom is -0.495 e. The molecule has 0 saturated heterocycles. The summed E-state index contributed by atoms with van der Waals surface area (Å²) in [6.07, 6.45) is 0.542. The van der Waals surface area contributed by atoms with Gasteiger partial charge in [0.25, 0.3) is 0 Å². The van der Waals surface area contributed by atoms with E-state index in [0.29, 0.717) is 28.6 Å². The molecule has 0 bridgehead atoms. The molecule has 1 fully saturated rings. The summed E-state index contributed by atoms with van der Waals surface area (Å²) >= 11 is 6.05. The standard InChI is InChI=1S/C17H23ClN2O4/c1-17(2,3)20-16(22)10-6-9(10)15(21)19-12-8-13(23-4)11(18)7-14(12)24-5/h7-10H,6H2,1-5H3,(H,19,21)(H,20,22). The molecular formula is C17H23ClN2O4.